The van der Waals surface area contributed by atoms with Gasteiger partial charge in [0, 0.05) is 32.0 Å². The van der Waals surface area contributed by atoms with Crippen LogP contribution in [0.5, 0.6) is 0 Å². The monoisotopic (exact) mass is 528 g/mol. The second-order valence-corrected chi connectivity index (χ2v) is 12.8. The molecule has 0 saturated carbocycles. The van der Waals surface area contributed by atoms with Gasteiger partial charge in [-0.05, 0) is 63.2 Å². The number of fused-ring (bicyclic) bond motifs is 1. The van der Waals surface area contributed by atoms with E-state index in [1.165, 1.54) is 32.4 Å². The summed E-state index contributed by atoms with van der Waals surface area (Å²) < 4.78 is 53.8. The molecule has 4 aromatic rings. The lowest BCUT2D eigenvalue weighted by Crippen LogP contribution is -2.22. The van der Waals surface area contributed by atoms with Crippen molar-refractivity contribution in [2.24, 2.45) is 0 Å². The Morgan fingerprint density at radius 1 is 0.861 bits per heavy atom. The Morgan fingerprint density at radius 2 is 1.47 bits per heavy atom. The van der Waals surface area contributed by atoms with Gasteiger partial charge in [-0.2, -0.15) is 9.97 Å². The summed E-state index contributed by atoms with van der Waals surface area (Å²) in [7, 11) is -4.54. The van der Waals surface area contributed by atoms with E-state index in [4.69, 9.17) is 0 Å². The van der Waals surface area contributed by atoms with Crippen molar-refractivity contribution in [2.75, 3.05) is 24.7 Å². The molecule has 190 valence electrons. The van der Waals surface area contributed by atoms with Crippen LogP contribution >= 0.6 is 0 Å². The number of aryl methyl sites for hydroxylation is 1. The molecule has 2 aromatic heterocycles. The number of anilines is 3. The molecule has 0 amide bonds. The normalized spacial score (nSPS) is 12.4. The zero-order chi connectivity index (χ0) is 26.3. The van der Waals surface area contributed by atoms with Gasteiger partial charge in [0.15, 0.2) is 5.65 Å². The van der Waals surface area contributed by atoms with E-state index in [1.54, 1.807) is 42.5 Å². The van der Waals surface area contributed by atoms with E-state index in [9.17, 15) is 16.8 Å². The predicted molar refractivity (Wildman–Crippen MR) is 141 cm³/mol. The molecule has 0 spiro atoms. The van der Waals surface area contributed by atoms with Gasteiger partial charge in [0.1, 0.15) is 5.82 Å². The maximum absolute atomic E-state index is 13.4. The third-order valence-electron chi connectivity index (χ3n) is 5.40. The van der Waals surface area contributed by atoms with Gasteiger partial charge in [-0.1, -0.05) is 17.7 Å². The topological polar surface area (TPSA) is 126 Å². The minimum absolute atomic E-state index is 0.0310. The maximum atomic E-state index is 13.4. The fourth-order valence-corrected chi connectivity index (χ4v) is 5.70. The van der Waals surface area contributed by atoms with Crippen LogP contribution in [0.1, 0.15) is 19.4 Å². The van der Waals surface area contributed by atoms with Crippen molar-refractivity contribution >= 4 is 48.5 Å². The molecule has 2 heterocycles. The highest BCUT2D eigenvalue weighted by Crippen LogP contribution is 2.28. The summed E-state index contributed by atoms with van der Waals surface area (Å²) >= 11 is 0. The first-order valence-corrected chi connectivity index (χ1v) is 14.0. The van der Waals surface area contributed by atoms with Crippen molar-refractivity contribution in [1.82, 2.24) is 18.2 Å². The molecular weight excluding hydrogens is 500 g/mol. The molecule has 0 saturated heterocycles. The molecule has 36 heavy (non-hydrogen) atoms. The number of aromatic nitrogens is 3. The summed E-state index contributed by atoms with van der Waals surface area (Å²) in [5.74, 6) is 0.634. The highest BCUT2D eigenvalue weighted by atomic mass is 32.2. The third-order valence-corrected chi connectivity index (χ3v) is 8.91. The Morgan fingerprint density at radius 3 is 2.06 bits per heavy atom. The third kappa shape index (κ3) is 4.92. The van der Waals surface area contributed by atoms with Crippen molar-refractivity contribution in [3.8, 4) is 0 Å². The second-order valence-electron chi connectivity index (χ2n) is 8.80. The van der Waals surface area contributed by atoms with Crippen LogP contribution in [0, 0.1) is 6.92 Å². The molecule has 0 aliphatic carbocycles. The summed E-state index contributed by atoms with van der Waals surface area (Å²) in [5, 5.41) is 6.85. The number of sulfonamides is 1. The molecular formula is C24H28N6O4S2. The SMILES string of the molecule is Cc1ccc(S(=O)(=O)n2ccc3c(NC(C)C)nc(Nc4ccc(S(=O)(=O)N(C)C)cc4)nc32)cc1. The van der Waals surface area contributed by atoms with Crippen molar-refractivity contribution in [1.29, 1.82) is 0 Å². The summed E-state index contributed by atoms with van der Waals surface area (Å²) in [4.78, 5) is 9.35. The van der Waals surface area contributed by atoms with E-state index in [0.717, 1.165) is 13.8 Å². The van der Waals surface area contributed by atoms with Gasteiger partial charge in [0.2, 0.25) is 16.0 Å². The molecule has 0 bridgehead atoms. The summed E-state index contributed by atoms with van der Waals surface area (Å²) in [6.45, 7) is 5.79. The van der Waals surface area contributed by atoms with Crippen molar-refractivity contribution in [3.05, 3.63) is 66.4 Å². The standard InChI is InChI=1S/C24H28N6O4S2/c1-16(2)25-22-21-14-15-30(36(33,34)20-10-6-17(3)7-11-20)23(21)28-24(27-22)26-18-8-12-19(13-9-18)35(31,32)29(4)5/h6-16H,1-5H3,(H2,25,26,27,28). The number of nitrogens with one attached hydrogen (secondary N) is 2. The lowest BCUT2D eigenvalue weighted by molar-refractivity contribution is 0.521. The number of hydrogen-bond donors (Lipinski definition) is 2. The molecule has 0 unspecified atom stereocenters. The van der Waals surface area contributed by atoms with Crippen LogP contribution in [-0.4, -0.2) is 55.2 Å². The van der Waals surface area contributed by atoms with Crippen LogP contribution < -0.4 is 10.6 Å². The first kappa shape index (κ1) is 25.6. The van der Waals surface area contributed by atoms with Gasteiger partial charge < -0.3 is 10.6 Å². The van der Waals surface area contributed by atoms with Gasteiger partial charge >= 0.3 is 0 Å². The molecule has 0 atom stereocenters. The lowest BCUT2D eigenvalue weighted by Gasteiger charge is -2.14. The van der Waals surface area contributed by atoms with Crippen molar-refractivity contribution in [2.45, 2.75) is 36.6 Å². The largest absolute Gasteiger partial charge is 0.367 e. The number of nitrogens with zero attached hydrogens (tertiary/aromatic N) is 4. The maximum Gasteiger partial charge on any atom is 0.269 e. The van der Waals surface area contributed by atoms with Crippen molar-refractivity contribution < 1.29 is 16.8 Å². The molecule has 0 radical (unpaired) electrons. The first-order chi connectivity index (χ1) is 16.9. The van der Waals surface area contributed by atoms with Gasteiger partial charge in [-0.3, -0.25) is 0 Å². The highest BCUT2D eigenvalue weighted by Gasteiger charge is 2.23. The van der Waals surface area contributed by atoms with Crippen LogP contribution in [-0.2, 0) is 20.0 Å². The minimum Gasteiger partial charge on any atom is -0.367 e. The highest BCUT2D eigenvalue weighted by molar-refractivity contribution is 7.90. The average molecular weight is 529 g/mol. The summed E-state index contributed by atoms with van der Waals surface area (Å²) in [6.07, 6.45) is 1.46. The quantitative estimate of drug-likeness (QED) is 0.354. The average Bonchev–Trinajstić information content (AvgIpc) is 3.24. The summed E-state index contributed by atoms with van der Waals surface area (Å²) in [5.41, 5.74) is 1.71. The molecule has 0 fully saturated rings. The van der Waals surface area contributed by atoms with Crippen LogP contribution in [0.4, 0.5) is 17.5 Å². The molecule has 2 N–H and O–H groups in total. The second kappa shape index (κ2) is 9.52. The summed E-state index contributed by atoms with van der Waals surface area (Å²) in [6, 6.07) is 14.5. The van der Waals surface area contributed by atoms with Crippen molar-refractivity contribution in [3.63, 3.8) is 0 Å². The van der Waals surface area contributed by atoms with E-state index >= 15 is 0 Å². The van der Waals surface area contributed by atoms with E-state index in [2.05, 4.69) is 20.6 Å². The van der Waals surface area contributed by atoms with E-state index in [1.807, 2.05) is 20.8 Å². The zero-order valence-electron chi connectivity index (χ0n) is 20.6. The van der Waals surface area contributed by atoms with E-state index < -0.39 is 20.0 Å². The van der Waals surface area contributed by atoms with Crippen LogP contribution in [0.15, 0.2) is 70.6 Å². The molecule has 2 aromatic carbocycles. The Balaban J connectivity index is 1.78. The number of hydrogen-bond acceptors (Lipinski definition) is 8. The minimum atomic E-state index is -3.90. The van der Waals surface area contributed by atoms with Crippen LogP contribution in [0.3, 0.4) is 0 Å². The molecule has 0 aliphatic heterocycles. The number of rotatable bonds is 8. The van der Waals surface area contributed by atoms with E-state index in [-0.39, 0.29) is 27.4 Å². The van der Waals surface area contributed by atoms with Gasteiger partial charge in [0.05, 0.1) is 15.2 Å². The molecule has 12 heteroatoms. The van der Waals surface area contributed by atoms with Crippen LogP contribution in [0.2, 0.25) is 0 Å². The Kier molecular flexibility index (Phi) is 6.78. The Labute approximate surface area is 211 Å². The fourth-order valence-electron chi connectivity index (χ4n) is 3.50. The predicted octanol–water partition coefficient (Wildman–Crippen LogP) is 3.79. The van der Waals surface area contributed by atoms with E-state index in [0.29, 0.717) is 16.9 Å². The zero-order valence-corrected chi connectivity index (χ0v) is 22.2. The molecule has 0 aliphatic rings. The number of benzene rings is 2. The molecule has 10 nitrogen and oxygen atoms in total. The molecule has 4 rings (SSSR count). The fraction of sp³-hybridized carbons (Fsp3) is 0.250. The first-order valence-electron chi connectivity index (χ1n) is 11.2. The Bertz CT molecular complexity index is 1610. The van der Waals surface area contributed by atoms with Gasteiger partial charge in [0.25, 0.3) is 10.0 Å². The smallest absolute Gasteiger partial charge is 0.269 e. The van der Waals surface area contributed by atoms with Gasteiger partial charge in [-0.25, -0.2) is 25.1 Å². The van der Waals surface area contributed by atoms with Gasteiger partial charge in [-0.15, -0.1) is 0 Å². The van der Waals surface area contributed by atoms with Crippen LogP contribution in [0.25, 0.3) is 11.0 Å². The Hall–Kier alpha value is -3.48. The lowest BCUT2D eigenvalue weighted by atomic mass is 10.2.